The molecule has 0 aliphatic carbocycles. The van der Waals surface area contributed by atoms with Gasteiger partial charge in [-0.1, -0.05) is 6.07 Å². The Hall–Kier alpha value is -2.54. The van der Waals surface area contributed by atoms with Crippen LogP contribution < -0.4 is 20.3 Å². The first-order chi connectivity index (χ1) is 10.2. The van der Waals surface area contributed by atoms with E-state index in [4.69, 9.17) is 9.47 Å². The third-order valence-corrected chi connectivity index (χ3v) is 3.71. The second kappa shape index (κ2) is 5.84. The van der Waals surface area contributed by atoms with E-state index in [1.165, 1.54) is 11.3 Å². The van der Waals surface area contributed by atoms with E-state index >= 15 is 0 Å². The molecule has 2 N–H and O–H groups in total. The number of hydrogen-bond acceptors (Lipinski definition) is 5. The van der Waals surface area contributed by atoms with Crippen LogP contribution in [0.2, 0.25) is 0 Å². The molecule has 1 aliphatic heterocycles. The molecular weight excluding hydrogens is 292 g/mol. The lowest BCUT2D eigenvalue weighted by Gasteiger charge is -2.18. The average Bonchev–Trinajstić information content (AvgIpc) is 3.06. The van der Waals surface area contributed by atoms with E-state index in [1.54, 1.807) is 35.7 Å². The fourth-order valence-corrected chi connectivity index (χ4v) is 2.46. The van der Waals surface area contributed by atoms with Crippen molar-refractivity contribution in [3.05, 3.63) is 46.2 Å². The van der Waals surface area contributed by atoms with Gasteiger partial charge in [-0.25, -0.2) is 0 Å². The fraction of sp³-hybridized carbons (Fsp3) is 0.143. The van der Waals surface area contributed by atoms with Crippen molar-refractivity contribution in [1.29, 1.82) is 0 Å². The number of nitrogens with one attached hydrogen (secondary N) is 2. The van der Waals surface area contributed by atoms with Crippen LogP contribution in [0, 0.1) is 0 Å². The van der Waals surface area contributed by atoms with E-state index in [0.717, 1.165) is 0 Å². The van der Waals surface area contributed by atoms with Crippen LogP contribution in [0.3, 0.4) is 0 Å². The van der Waals surface area contributed by atoms with E-state index in [9.17, 15) is 9.59 Å². The van der Waals surface area contributed by atoms with Crippen molar-refractivity contribution >= 4 is 23.2 Å². The van der Waals surface area contributed by atoms with Crippen molar-refractivity contribution in [2.75, 3.05) is 13.2 Å². The van der Waals surface area contributed by atoms with Crippen LogP contribution in [0.1, 0.15) is 20.0 Å². The predicted octanol–water partition coefficient (Wildman–Crippen LogP) is 1.59. The van der Waals surface area contributed by atoms with Gasteiger partial charge in [0.2, 0.25) is 0 Å². The highest BCUT2D eigenvalue weighted by atomic mass is 32.1. The Morgan fingerprint density at radius 2 is 1.76 bits per heavy atom. The molecule has 2 heterocycles. The summed E-state index contributed by atoms with van der Waals surface area (Å²) in [6.07, 6.45) is 0. The lowest BCUT2D eigenvalue weighted by molar-refractivity contribution is 0.0848. The van der Waals surface area contributed by atoms with Crippen LogP contribution >= 0.6 is 11.3 Å². The van der Waals surface area contributed by atoms with Gasteiger partial charge in [0, 0.05) is 5.56 Å². The maximum absolute atomic E-state index is 12.0. The summed E-state index contributed by atoms with van der Waals surface area (Å²) in [5.74, 6) is 0.367. The zero-order chi connectivity index (χ0) is 14.7. The number of carbonyl (C=O) groups is 2. The monoisotopic (exact) mass is 304 g/mol. The van der Waals surface area contributed by atoms with Gasteiger partial charge in [0.15, 0.2) is 11.5 Å². The molecule has 0 atom stereocenters. The molecule has 1 aromatic carbocycles. The molecule has 1 aromatic heterocycles. The molecule has 1 aliphatic rings. The highest BCUT2D eigenvalue weighted by Gasteiger charge is 2.15. The molecule has 3 rings (SSSR count). The quantitative estimate of drug-likeness (QED) is 0.826. The van der Waals surface area contributed by atoms with Crippen LogP contribution in [0.5, 0.6) is 11.5 Å². The van der Waals surface area contributed by atoms with Gasteiger partial charge in [-0.15, -0.1) is 11.3 Å². The van der Waals surface area contributed by atoms with Gasteiger partial charge >= 0.3 is 0 Å². The molecule has 0 unspecified atom stereocenters. The Kier molecular flexibility index (Phi) is 3.74. The molecule has 21 heavy (non-hydrogen) atoms. The Balaban J connectivity index is 1.64. The summed E-state index contributed by atoms with van der Waals surface area (Å²) in [4.78, 5) is 24.2. The largest absolute Gasteiger partial charge is 0.486 e. The van der Waals surface area contributed by atoms with E-state index in [-0.39, 0.29) is 5.91 Å². The van der Waals surface area contributed by atoms with Crippen molar-refractivity contribution in [3.8, 4) is 11.5 Å². The van der Waals surface area contributed by atoms with Crippen molar-refractivity contribution < 1.29 is 19.1 Å². The standard InChI is InChI=1S/C14H12N2O4S/c17-13(15-16-14(18)12-2-1-7-21-12)9-3-4-10-11(8-9)20-6-5-19-10/h1-4,7-8H,5-6H2,(H,15,17)(H,16,18). The first kappa shape index (κ1) is 13.4. The molecule has 0 saturated carbocycles. The van der Waals surface area contributed by atoms with Crippen LogP contribution in [0.25, 0.3) is 0 Å². The number of thiophene rings is 1. The minimum Gasteiger partial charge on any atom is -0.486 e. The van der Waals surface area contributed by atoms with Gasteiger partial charge in [0.1, 0.15) is 13.2 Å². The lowest BCUT2D eigenvalue weighted by Crippen LogP contribution is -2.41. The molecule has 2 amide bonds. The molecule has 2 aromatic rings. The molecule has 0 bridgehead atoms. The second-order valence-electron chi connectivity index (χ2n) is 4.24. The molecular formula is C14H12N2O4S. The SMILES string of the molecule is O=C(NNC(=O)c1cccs1)c1ccc2c(c1)OCCO2. The zero-order valence-electron chi connectivity index (χ0n) is 10.9. The van der Waals surface area contributed by atoms with Gasteiger partial charge in [0.05, 0.1) is 4.88 Å². The van der Waals surface area contributed by atoms with Crippen molar-refractivity contribution in [2.24, 2.45) is 0 Å². The van der Waals surface area contributed by atoms with Crippen LogP contribution in [0.15, 0.2) is 35.7 Å². The minimum atomic E-state index is -0.420. The Bertz CT molecular complexity index is 670. The molecule has 0 spiro atoms. The summed E-state index contributed by atoms with van der Waals surface area (Å²) in [6.45, 7) is 0.947. The number of benzene rings is 1. The van der Waals surface area contributed by atoms with Crippen molar-refractivity contribution in [3.63, 3.8) is 0 Å². The van der Waals surface area contributed by atoms with Gasteiger partial charge in [-0.3, -0.25) is 20.4 Å². The predicted molar refractivity (Wildman–Crippen MR) is 76.7 cm³/mol. The molecule has 7 heteroatoms. The number of hydrogen-bond donors (Lipinski definition) is 2. The third kappa shape index (κ3) is 2.97. The number of ether oxygens (including phenoxy) is 2. The molecule has 6 nitrogen and oxygen atoms in total. The number of hydrazine groups is 1. The zero-order valence-corrected chi connectivity index (χ0v) is 11.7. The van der Waals surface area contributed by atoms with E-state index in [2.05, 4.69) is 10.9 Å². The van der Waals surface area contributed by atoms with Gasteiger partial charge in [-0.05, 0) is 29.6 Å². The summed E-state index contributed by atoms with van der Waals surface area (Å²) in [6, 6.07) is 8.31. The summed E-state index contributed by atoms with van der Waals surface area (Å²) in [7, 11) is 0. The molecule has 108 valence electrons. The highest BCUT2D eigenvalue weighted by molar-refractivity contribution is 7.12. The average molecular weight is 304 g/mol. The third-order valence-electron chi connectivity index (χ3n) is 2.84. The number of fused-ring (bicyclic) bond motifs is 1. The topological polar surface area (TPSA) is 76.7 Å². The van der Waals surface area contributed by atoms with Crippen LogP contribution in [-0.4, -0.2) is 25.0 Å². The normalized spacial score (nSPS) is 12.6. The Labute approximate surface area is 124 Å². The summed E-state index contributed by atoms with van der Waals surface area (Å²) in [5, 5.41) is 1.79. The highest BCUT2D eigenvalue weighted by Crippen LogP contribution is 2.30. The van der Waals surface area contributed by atoms with Gasteiger partial charge < -0.3 is 9.47 Å². The van der Waals surface area contributed by atoms with E-state index in [1.807, 2.05) is 0 Å². The van der Waals surface area contributed by atoms with Crippen molar-refractivity contribution in [1.82, 2.24) is 10.9 Å². The maximum atomic E-state index is 12.0. The maximum Gasteiger partial charge on any atom is 0.279 e. The van der Waals surface area contributed by atoms with Gasteiger partial charge in [0.25, 0.3) is 11.8 Å². The number of carbonyl (C=O) groups excluding carboxylic acids is 2. The van der Waals surface area contributed by atoms with E-state index < -0.39 is 5.91 Å². The summed E-state index contributed by atoms with van der Waals surface area (Å²) < 4.78 is 10.8. The first-order valence-corrected chi connectivity index (χ1v) is 7.16. The van der Waals surface area contributed by atoms with Crippen molar-refractivity contribution in [2.45, 2.75) is 0 Å². The van der Waals surface area contributed by atoms with Crippen LogP contribution in [-0.2, 0) is 0 Å². The summed E-state index contributed by atoms with van der Waals surface area (Å²) in [5.41, 5.74) is 5.11. The smallest absolute Gasteiger partial charge is 0.279 e. The summed E-state index contributed by atoms with van der Waals surface area (Å²) >= 11 is 1.30. The lowest BCUT2D eigenvalue weighted by atomic mass is 10.2. The fourth-order valence-electron chi connectivity index (χ4n) is 1.84. The first-order valence-electron chi connectivity index (χ1n) is 6.28. The number of rotatable bonds is 2. The Morgan fingerprint density at radius 3 is 2.52 bits per heavy atom. The minimum absolute atomic E-state index is 0.351. The van der Waals surface area contributed by atoms with Crippen LogP contribution in [0.4, 0.5) is 0 Å². The number of amides is 2. The Morgan fingerprint density at radius 1 is 1.00 bits per heavy atom. The molecule has 0 radical (unpaired) electrons. The second-order valence-corrected chi connectivity index (χ2v) is 5.19. The molecule has 0 saturated heterocycles. The van der Waals surface area contributed by atoms with E-state index in [0.29, 0.717) is 35.2 Å². The van der Waals surface area contributed by atoms with Gasteiger partial charge in [-0.2, -0.15) is 0 Å². The molecule has 0 fully saturated rings.